The normalized spacial score (nSPS) is 18.9. The zero-order chi connectivity index (χ0) is 29.0. The monoisotopic (exact) mass is 542 g/mol. The lowest BCUT2D eigenvalue weighted by Gasteiger charge is -2.30. The van der Waals surface area contributed by atoms with Crippen molar-refractivity contribution in [1.29, 1.82) is 0 Å². The summed E-state index contributed by atoms with van der Waals surface area (Å²) in [6, 6.07) is 0. The van der Waals surface area contributed by atoms with Crippen molar-refractivity contribution in [1.82, 2.24) is 20.0 Å². The van der Waals surface area contributed by atoms with Crippen LogP contribution in [0.15, 0.2) is 0 Å². The van der Waals surface area contributed by atoms with Crippen LogP contribution in [-0.2, 0) is 28.6 Å². The number of nitrogens with one attached hydrogen (secondary N) is 1. The minimum atomic E-state index is -0.556. The molecule has 0 radical (unpaired) electrons. The number of hydrogen-bond donors (Lipinski definition) is 1. The average molecular weight is 543 g/mol. The van der Waals surface area contributed by atoms with Gasteiger partial charge in [0.2, 0.25) is 0 Å². The van der Waals surface area contributed by atoms with E-state index < -0.39 is 16.8 Å². The molecule has 0 spiro atoms. The summed E-state index contributed by atoms with van der Waals surface area (Å²) < 4.78 is 16.6. The molecule has 0 saturated carbocycles. The van der Waals surface area contributed by atoms with Crippen LogP contribution in [0, 0.1) is 0 Å². The molecule has 10 nitrogen and oxygen atoms in total. The van der Waals surface area contributed by atoms with Crippen LogP contribution >= 0.6 is 0 Å². The summed E-state index contributed by atoms with van der Waals surface area (Å²) in [6.45, 7) is 23.0. The van der Waals surface area contributed by atoms with Gasteiger partial charge in [0, 0.05) is 39.3 Å². The maximum Gasteiger partial charge on any atom is 0.320 e. The van der Waals surface area contributed by atoms with Gasteiger partial charge in [0.15, 0.2) is 0 Å². The molecule has 10 heteroatoms. The van der Waals surface area contributed by atoms with E-state index >= 15 is 0 Å². The Kier molecular flexibility index (Phi) is 14.2. The molecule has 0 aliphatic carbocycles. The molecule has 38 heavy (non-hydrogen) atoms. The number of esters is 3. The van der Waals surface area contributed by atoms with E-state index in [9.17, 15) is 14.4 Å². The van der Waals surface area contributed by atoms with Crippen LogP contribution in [0.4, 0.5) is 0 Å². The second kappa shape index (κ2) is 15.7. The fourth-order valence-corrected chi connectivity index (χ4v) is 4.07. The minimum Gasteiger partial charge on any atom is -0.459 e. The first-order valence-electron chi connectivity index (χ1n) is 14.0. The molecule has 1 heterocycles. The molecule has 0 aromatic heterocycles. The van der Waals surface area contributed by atoms with Crippen molar-refractivity contribution in [3.8, 4) is 0 Å². The Hall–Kier alpha value is -1.75. The Bertz CT molecular complexity index is 739. The van der Waals surface area contributed by atoms with Crippen molar-refractivity contribution in [2.75, 3.05) is 72.0 Å². The summed E-state index contributed by atoms with van der Waals surface area (Å²) >= 11 is 0. The van der Waals surface area contributed by atoms with Crippen LogP contribution in [-0.4, -0.2) is 121 Å². The van der Waals surface area contributed by atoms with E-state index in [-0.39, 0.29) is 37.5 Å². The number of rotatable bonds is 6. The summed E-state index contributed by atoms with van der Waals surface area (Å²) in [5, 5.41) is 3.45. The molecule has 1 rings (SSSR count). The van der Waals surface area contributed by atoms with Crippen molar-refractivity contribution in [2.24, 2.45) is 0 Å². The van der Waals surface area contributed by atoms with E-state index in [1.807, 2.05) is 62.3 Å². The molecule has 0 atom stereocenters. The summed E-state index contributed by atoms with van der Waals surface area (Å²) in [7, 11) is 0. The largest absolute Gasteiger partial charge is 0.459 e. The second-order valence-electron chi connectivity index (χ2n) is 13.0. The molecule has 222 valence electrons. The molecule has 0 bridgehead atoms. The molecule has 0 aromatic rings. The first-order valence-corrected chi connectivity index (χ1v) is 14.0. The fourth-order valence-electron chi connectivity index (χ4n) is 4.07. The molecule has 1 N–H and O–H groups in total. The Labute approximate surface area is 230 Å². The number of ether oxygens (including phenoxy) is 3. The van der Waals surface area contributed by atoms with Crippen LogP contribution in [0.25, 0.3) is 0 Å². The summed E-state index contributed by atoms with van der Waals surface area (Å²) in [5.74, 6) is -0.753. The molecule has 1 aliphatic heterocycles. The average Bonchev–Trinajstić information content (AvgIpc) is 2.68. The van der Waals surface area contributed by atoms with Crippen molar-refractivity contribution in [2.45, 2.75) is 92.0 Å². The third-order valence-corrected chi connectivity index (χ3v) is 5.43. The molecular weight excluding hydrogens is 488 g/mol. The highest BCUT2D eigenvalue weighted by molar-refractivity contribution is 5.73. The van der Waals surface area contributed by atoms with Crippen LogP contribution in [0.1, 0.15) is 75.2 Å². The van der Waals surface area contributed by atoms with Gasteiger partial charge in [-0.25, -0.2) is 0 Å². The van der Waals surface area contributed by atoms with E-state index in [0.717, 1.165) is 32.5 Å². The Balaban J connectivity index is 2.89. The highest BCUT2D eigenvalue weighted by Gasteiger charge is 2.23. The van der Waals surface area contributed by atoms with Crippen molar-refractivity contribution in [3.05, 3.63) is 0 Å². The first-order chi connectivity index (χ1) is 17.4. The van der Waals surface area contributed by atoms with Crippen LogP contribution < -0.4 is 5.32 Å². The van der Waals surface area contributed by atoms with Crippen LogP contribution in [0.2, 0.25) is 0 Å². The zero-order valence-electron chi connectivity index (χ0n) is 25.5. The molecular formula is C28H54N4O6. The predicted molar refractivity (Wildman–Crippen MR) is 149 cm³/mol. The quantitative estimate of drug-likeness (QED) is 0.397. The SMILES string of the molecule is CC(C)(C)OC(=O)CN1CCCN(CC(=O)OC(C)(C)C)CCN(CC(=O)OC(C)(C)C)CCCNCC1. The van der Waals surface area contributed by atoms with Gasteiger partial charge in [-0.1, -0.05) is 0 Å². The van der Waals surface area contributed by atoms with Gasteiger partial charge < -0.3 is 19.5 Å². The number of nitrogens with zero attached hydrogens (tertiary/aromatic N) is 3. The van der Waals surface area contributed by atoms with Gasteiger partial charge in [-0.05, 0) is 88.2 Å². The zero-order valence-corrected chi connectivity index (χ0v) is 25.5. The maximum absolute atomic E-state index is 12.6. The lowest BCUT2D eigenvalue weighted by atomic mass is 10.2. The smallest absolute Gasteiger partial charge is 0.320 e. The fraction of sp³-hybridized carbons (Fsp3) is 0.893. The van der Waals surface area contributed by atoms with Gasteiger partial charge >= 0.3 is 17.9 Å². The third kappa shape index (κ3) is 18.5. The molecule has 0 unspecified atom stereocenters. The number of hydrogen-bond acceptors (Lipinski definition) is 10. The Morgan fingerprint density at radius 2 is 0.868 bits per heavy atom. The van der Waals surface area contributed by atoms with Gasteiger partial charge in [0.1, 0.15) is 16.8 Å². The summed E-state index contributed by atoms with van der Waals surface area (Å²) in [5.41, 5.74) is -1.61. The van der Waals surface area contributed by atoms with E-state index in [4.69, 9.17) is 14.2 Å². The number of carbonyl (C=O) groups excluding carboxylic acids is 3. The summed E-state index contributed by atoms with van der Waals surface area (Å²) in [4.78, 5) is 43.9. The minimum absolute atomic E-state index is 0.172. The van der Waals surface area contributed by atoms with Gasteiger partial charge in [-0.15, -0.1) is 0 Å². The van der Waals surface area contributed by atoms with E-state index in [1.165, 1.54) is 0 Å². The van der Waals surface area contributed by atoms with Gasteiger partial charge in [-0.2, -0.15) is 0 Å². The molecule has 1 fully saturated rings. The highest BCUT2D eigenvalue weighted by Crippen LogP contribution is 2.11. The van der Waals surface area contributed by atoms with Gasteiger partial charge in [-0.3, -0.25) is 29.1 Å². The van der Waals surface area contributed by atoms with Crippen molar-refractivity contribution in [3.63, 3.8) is 0 Å². The van der Waals surface area contributed by atoms with E-state index in [2.05, 4.69) is 20.0 Å². The Morgan fingerprint density at radius 1 is 0.526 bits per heavy atom. The van der Waals surface area contributed by atoms with Crippen LogP contribution in [0.3, 0.4) is 0 Å². The second-order valence-corrected chi connectivity index (χ2v) is 13.0. The molecule has 1 saturated heterocycles. The topological polar surface area (TPSA) is 101 Å². The first kappa shape index (κ1) is 34.3. The van der Waals surface area contributed by atoms with Crippen molar-refractivity contribution >= 4 is 17.9 Å². The molecule has 0 amide bonds. The van der Waals surface area contributed by atoms with E-state index in [1.54, 1.807) is 0 Å². The highest BCUT2D eigenvalue weighted by atomic mass is 16.6. The summed E-state index contributed by atoms with van der Waals surface area (Å²) in [6.07, 6.45) is 1.64. The maximum atomic E-state index is 12.6. The van der Waals surface area contributed by atoms with E-state index in [0.29, 0.717) is 32.7 Å². The lowest BCUT2D eigenvalue weighted by Crippen LogP contribution is -2.45. The standard InChI is InChI=1S/C28H54N4O6/c1-26(2,3)36-23(33)20-30-15-11-16-32(22-25(35)38-28(7,8)9)19-18-31(14-10-12-29-13-17-30)21-24(34)37-27(4,5)6/h29H,10-22H2,1-9H3. The van der Waals surface area contributed by atoms with Gasteiger partial charge in [0.05, 0.1) is 19.6 Å². The molecule has 1 aliphatic rings. The molecule has 0 aromatic carbocycles. The van der Waals surface area contributed by atoms with Crippen LogP contribution in [0.5, 0.6) is 0 Å². The third-order valence-electron chi connectivity index (χ3n) is 5.43. The predicted octanol–water partition coefficient (Wildman–Crippen LogP) is 2.30. The number of carbonyl (C=O) groups is 3. The Morgan fingerprint density at radius 3 is 1.24 bits per heavy atom. The van der Waals surface area contributed by atoms with Gasteiger partial charge in [0.25, 0.3) is 0 Å². The lowest BCUT2D eigenvalue weighted by molar-refractivity contribution is -0.158. The van der Waals surface area contributed by atoms with Crippen molar-refractivity contribution < 1.29 is 28.6 Å².